The van der Waals surface area contributed by atoms with Crippen LogP contribution in [0.5, 0.6) is 0 Å². The number of hydrogen-bond acceptors (Lipinski definition) is 4. The van der Waals surface area contributed by atoms with Gasteiger partial charge in [0.1, 0.15) is 0 Å². The summed E-state index contributed by atoms with van der Waals surface area (Å²) in [6.07, 6.45) is 0. The molecule has 16 heavy (non-hydrogen) atoms. The molecule has 0 N–H and O–H groups in total. The van der Waals surface area contributed by atoms with Crippen LogP contribution in [0.1, 0.15) is 25.3 Å². The fourth-order valence-electron chi connectivity index (χ4n) is 0.838. The fraction of sp³-hybridized carbons (Fsp3) is 0.333. The summed E-state index contributed by atoms with van der Waals surface area (Å²) >= 11 is 0. The Morgan fingerprint density at radius 2 is 1.31 bits per heavy atom. The van der Waals surface area contributed by atoms with E-state index in [4.69, 9.17) is 17.5 Å². The Kier molecular flexibility index (Phi) is 18.2. The van der Waals surface area contributed by atoms with Gasteiger partial charge in [0, 0.05) is 10.4 Å². The van der Waals surface area contributed by atoms with E-state index in [0.29, 0.717) is 5.92 Å². The molecule has 1 aromatic rings. The van der Waals surface area contributed by atoms with Gasteiger partial charge in [-0.3, -0.25) is 8.42 Å². The standard InChI is InChI=1S/C9H12.2K.H2O4S/c1-8(2)9-6-4-3-5-7-9;;;1-5(2,3)4/h3-8H,1-2H3;;;(H2,1,2,3,4)/q;2*+1;/p-2. The summed E-state index contributed by atoms with van der Waals surface area (Å²) < 4.78 is 34.1. The van der Waals surface area contributed by atoms with Crippen molar-refractivity contribution in [3.63, 3.8) is 0 Å². The van der Waals surface area contributed by atoms with Gasteiger partial charge in [0.05, 0.1) is 0 Å². The van der Waals surface area contributed by atoms with E-state index >= 15 is 0 Å². The van der Waals surface area contributed by atoms with Crippen LogP contribution in [0.15, 0.2) is 30.3 Å². The predicted molar refractivity (Wildman–Crippen MR) is 51.0 cm³/mol. The Morgan fingerprint density at radius 1 is 1.00 bits per heavy atom. The summed E-state index contributed by atoms with van der Waals surface area (Å²) in [4.78, 5) is 0. The smallest absolute Gasteiger partial charge is 0.759 e. The number of hydrogen-bond donors (Lipinski definition) is 0. The van der Waals surface area contributed by atoms with Gasteiger partial charge in [-0.15, -0.1) is 0 Å². The predicted octanol–water partition coefficient (Wildman–Crippen LogP) is -4.52. The zero-order valence-electron chi connectivity index (χ0n) is 10.0. The third-order valence-electron chi connectivity index (χ3n) is 1.47. The summed E-state index contributed by atoms with van der Waals surface area (Å²) in [6.45, 7) is 4.41. The largest absolute Gasteiger partial charge is 1.00 e. The van der Waals surface area contributed by atoms with Crippen molar-refractivity contribution < 1.29 is 120 Å². The van der Waals surface area contributed by atoms with E-state index in [2.05, 4.69) is 38.1 Å². The van der Waals surface area contributed by atoms with Crippen molar-refractivity contribution in [3.05, 3.63) is 35.9 Å². The van der Waals surface area contributed by atoms with Crippen molar-refractivity contribution >= 4 is 10.4 Å². The molecular weight excluding hydrogens is 282 g/mol. The maximum absolute atomic E-state index is 8.52. The van der Waals surface area contributed by atoms with Crippen LogP contribution in [-0.2, 0) is 10.4 Å². The summed E-state index contributed by atoms with van der Waals surface area (Å²) in [5.41, 5.74) is 1.41. The van der Waals surface area contributed by atoms with Crippen LogP contribution >= 0.6 is 0 Å². The molecule has 0 saturated heterocycles. The van der Waals surface area contributed by atoms with Crippen LogP contribution in [-0.4, -0.2) is 17.5 Å². The average Bonchev–Trinajstić information content (AvgIpc) is 2.03. The van der Waals surface area contributed by atoms with Crippen LogP contribution in [0, 0.1) is 0 Å². The first kappa shape index (κ1) is 23.5. The molecular formula is C9H12K2O4S. The molecule has 0 aromatic heterocycles. The van der Waals surface area contributed by atoms with Gasteiger partial charge in [-0.25, -0.2) is 0 Å². The molecule has 4 nitrogen and oxygen atoms in total. The first-order valence-corrected chi connectivity index (χ1v) is 5.35. The van der Waals surface area contributed by atoms with E-state index in [0.717, 1.165) is 0 Å². The molecule has 0 amide bonds. The van der Waals surface area contributed by atoms with Crippen LogP contribution in [0.2, 0.25) is 0 Å². The van der Waals surface area contributed by atoms with E-state index in [1.165, 1.54) is 5.56 Å². The van der Waals surface area contributed by atoms with Gasteiger partial charge in [0.15, 0.2) is 0 Å². The molecule has 80 valence electrons. The topological polar surface area (TPSA) is 80.3 Å². The minimum atomic E-state index is -5.17. The summed E-state index contributed by atoms with van der Waals surface area (Å²) in [5.74, 6) is 0.659. The molecule has 0 heterocycles. The SMILES string of the molecule is CC(C)c1ccccc1.O=S(=O)([O-])[O-].[K+].[K+]. The second-order valence-corrected chi connectivity index (χ2v) is 3.79. The summed E-state index contributed by atoms with van der Waals surface area (Å²) in [7, 11) is -5.17. The van der Waals surface area contributed by atoms with Crippen LogP contribution in [0.4, 0.5) is 0 Å². The molecule has 1 aromatic carbocycles. The monoisotopic (exact) mass is 294 g/mol. The van der Waals surface area contributed by atoms with Crippen molar-refractivity contribution in [2.45, 2.75) is 19.8 Å². The van der Waals surface area contributed by atoms with E-state index in [1.54, 1.807) is 0 Å². The fourth-order valence-corrected chi connectivity index (χ4v) is 0.838. The van der Waals surface area contributed by atoms with Crippen molar-refractivity contribution in [1.82, 2.24) is 0 Å². The third-order valence-corrected chi connectivity index (χ3v) is 1.47. The second kappa shape index (κ2) is 12.4. The molecule has 0 fully saturated rings. The Labute approximate surface area is 182 Å². The molecule has 0 unspecified atom stereocenters. The van der Waals surface area contributed by atoms with Crippen molar-refractivity contribution in [1.29, 1.82) is 0 Å². The Balaban J connectivity index is -0.000000214. The molecule has 0 bridgehead atoms. The molecule has 7 heteroatoms. The van der Waals surface area contributed by atoms with E-state index in [1.807, 2.05) is 6.07 Å². The summed E-state index contributed by atoms with van der Waals surface area (Å²) in [6, 6.07) is 10.5. The minimum Gasteiger partial charge on any atom is -0.759 e. The quantitative estimate of drug-likeness (QED) is 0.297. The maximum atomic E-state index is 8.52. The van der Waals surface area contributed by atoms with Crippen LogP contribution in [0.25, 0.3) is 0 Å². The first-order valence-electron chi connectivity index (χ1n) is 4.02. The zero-order chi connectivity index (χ0) is 11.2. The van der Waals surface area contributed by atoms with Gasteiger partial charge < -0.3 is 9.11 Å². The minimum absolute atomic E-state index is 0. The number of benzene rings is 1. The number of rotatable bonds is 1. The average molecular weight is 294 g/mol. The van der Waals surface area contributed by atoms with Crippen LogP contribution < -0.4 is 103 Å². The van der Waals surface area contributed by atoms with Crippen molar-refractivity contribution in [3.8, 4) is 0 Å². The molecule has 1 rings (SSSR count). The molecule has 0 aliphatic heterocycles. The molecule has 0 spiro atoms. The van der Waals surface area contributed by atoms with Crippen molar-refractivity contribution in [2.75, 3.05) is 0 Å². The molecule has 0 radical (unpaired) electrons. The van der Waals surface area contributed by atoms with Gasteiger partial charge in [0.2, 0.25) is 0 Å². The Bertz CT molecular complexity index is 343. The molecule has 0 aliphatic rings. The molecule has 0 saturated carbocycles. The second-order valence-electron chi connectivity index (χ2n) is 2.97. The normalized spacial score (nSPS) is 9.31. The Hall–Kier alpha value is 2.36. The van der Waals surface area contributed by atoms with Gasteiger partial charge >= 0.3 is 103 Å². The third kappa shape index (κ3) is 18.7. The maximum Gasteiger partial charge on any atom is 1.00 e. The van der Waals surface area contributed by atoms with Crippen molar-refractivity contribution in [2.24, 2.45) is 0 Å². The van der Waals surface area contributed by atoms with E-state index in [-0.39, 0.29) is 103 Å². The van der Waals surface area contributed by atoms with E-state index < -0.39 is 10.4 Å². The zero-order valence-corrected chi connectivity index (χ0v) is 17.1. The van der Waals surface area contributed by atoms with Gasteiger partial charge in [-0.05, 0) is 11.5 Å². The van der Waals surface area contributed by atoms with Crippen LogP contribution in [0.3, 0.4) is 0 Å². The Morgan fingerprint density at radius 3 is 1.50 bits per heavy atom. The van der Waals surface area contributed by atoms with Gasteiger partial charge in [-0.1, -0.05) is 44.2 Å². The van der Waals surface area contributed by atoms with E-state index in [9.17, 15) is 0 Å². The van der Waals surface area contributed by atoms with Gasteiger partial charge in [-0.2, -0.15) is 0 Å². The molecule has 0 aliphatic carbocycles. The molecule has 0 atom stereocenters. The van der Waals surface area contributed by atoms with Gasteiger partial charge in [0.25, 0.3) is 0 Å². The first-order chi connectivity index (χ1) is 6.30. The summed E-state index contributed by atoms with van der Waals surface area (Å²) in [5, 5.41) is 0.